The Morgan fingerprint density at radius 2 is 2.36 bits per heavy atom. The maximum Gasteiger partial charge on any atom is 0.0835 e. The Morgan fingerprint density at radius 1 is 1.50 bits per heavy atom. The van der Waals surface area contributed by atoms with Crippen molar-refractivity contribution in [3.05, 3.63) is 30.1 Å². The summed E-state index contributed by atoms with van der Waals surface area (Å²) in [7, 11) is 0. The van der Waals surface area contributed by atoms with Gasteiger partial charge in [0.15, 0.2) is 0 Å². The Morgan fingerprint density at radius 3 is 2.93 bits per heavy atom. The lowest BCUT2D eigenvalue weighted by molar-refractivity contribution is 0.0897. The molecule has 1 N–H and O–H groups in total. The number of aromatic nitrogens is 1. The maximum absolute atomic E-state index is 10.2. The third kappa shape index (κ3) is 1.80. The molecule has 3 unspecified atom stereocenters. The van der Waals surface area contributed by atoms with Crippen molar-refractivity contribution in [3.8, 4) is 0 Å². The summed E-state index contributed by atoms with van der Waals surface area (Å²) in [5, 5.41) is 10.2. The van der Waals surface area contributed by atoms with Gasteiger partial charge in [-0.3, -0.25) is 4.98 Å². The summed E-state index contributed by atoms with van der Waals surface area (Å²) in [5.41, 5.74) is 0.964. The molecular formula is C12H17NO. The summed E-state index contributed by atoms with van der Waals surface area (Å²) in [6.07, 6.45) is 6.85. The number of aliphatic hydroxyl groups is 1. The molecule has 0 saturated heterocycles. The lowest BCUT2D eigenvalue weighted by Crippen LogP contribution is -2.15. The molecule has 1 heterocycles. The molecule has 1 saturated carbocycles. The largest absolute Gasteiger partial charge is 0.388 e. The smallest absolute Gasteiger partial charge is 0.0835 e. The highest BCUT2D eigenvalue weighted by Crippen LogP contribution is 2.39. The molecule has 0 spiro atoms. The topological polar surface area (TPSA) is 33.1 Å². The Bertz CT molecular complexity index is 286. The number of nitrogens with zero attached hydrogens (tertiary/aromatic N) is 1. The van der Waals surface area contributed by atoms with Crippen LogP contribution in [0, 0.1) is 11.8 Å². The van der Waals surface area contributed by atoms with E-state index >= 15 is 0 Å². The van der Waals surface area contributed by atoms with Gasteiger partial charge in [0, 0.05) is 12.4 Å². The van der Waals surface area contributed by atoms with E-state index in [-0.39, 0.29) is 6.10 Å². The SMILES string of the molecule is CC1CCCC1C(O)c1cccnc1. The fourth-order valence-electron chi connectivity index (χ4n) is 2.44. The molecule has 3 atom stereocenters. The van der Waals surface area contributed by atoms with Crippen molar-refractivity contribution in [2.75, 3.05) is 0 Å². The predicted octanol–water partition coefficient (Wildman–Crippen LogP) is 2.55. The monoisotopic (exact) mass is 191 g/mol. The molecule has 2 heteroatoms. The van der Waals surface area contributed by atoms with E-state index < -0.39 is 0 Å². The van der Waals surface area contributed by atoms with Crippen molar-refractivity contribution >= 4 is 0 Å². The molecule has 0 aliphatic heterocycles. The van der Waals surface area contributed by atoms with E-state index in [0.717, 1.165) is 12.0 Å². The van der Waals surface area contributed by atoms with Crippen LogP contribution < -0.4 is 0 Å². The Kier molecular flexibility index (Phi) is 2.82. The molecular weight excluding hydrogens is 174 g/mol. The van der Waals surface area contributed by atoms with Crippen molar-refractivity contribution in [3.63, 3.8) is 0 Å². The van der Waals surface area contributed by atoms with Gasteiger partial charge >= 0.3 is 0 Å². The van der Waals surface area contributed by atoms with Crippen molar-refractivity contribution in [1.29, 1.82) is 0 Å². The Hall–Kier alpha value is -0.890. The van der Waals surface area contributed by atoms with Crippen LogP contribution in [0.4, 0.5) is 0 Å². The lowest BCUT2D eigenvalue weighted by Gasteiger charge is -2.21. The van der Waals surface area contributed by atoms with Gasteiger partial charge in [0.25, 0.3) is 0 Å². The molecule has 76 valence electrons. The molecule has 0 amide bonds. The minimum Gasteiger partial charge on any atom is -0.388 e. The number of aliphatic hydroxyl groups excluding tert-OH is 1. The zero-order valence-electron chi connectivity index (χ0n) is 8.56. The van der Waals surface area contributed by atoms with Crippen LogP contribution in [0.2, 0.25) is 0 Å². The Labute approximate surface area is 85.0 Å². The number of hydrogen-bond donors (Lipinski definition) is 1. The van der Waals surface area contributed by atoms with Gasteiger partial charge in [-0.05, 0) is 29.9 Å². The van der Waals surface area contributed by atoms with Crippen molar-refractivity contribution < 1.29 is 5.11 Å². The van der Waals surface area contributed by atoms with E-state index in [1.54, 1.807) is 12.4 Å². The van der Waals surface area contributed by atoms with Crippen molar-refractivity contribution in [2.45, 2.75) is 32.3 Å². The van der Waals surface area contributed by atoms with E-state index in [9.17, 15) is 5.11 Å². The normalized spacial score (nSPS) is 29.0. The second-order valence-electron chi connectivity index (χ2n) is 4.30. The van der Waals surface area contributed by atoms with Gasteiger partial charge in [0.2, 0.25) is 0 Å². The van der Waals surface area contributed by atoms with E-state index in [0.29, 0.717) is 11.8 Å². The van der Waals surface area contributed by atoms with Crippen LogP contribution in [0.25, 0.3) is 0 Å². The average Bonchev–Trinajstić information content (AvgIpc) is 2.65. The zero-order chi connectivity index (χ0) is 9.97. The highest BCUT2D eigenvalue weighted by molar-refractivity contribution is 5.13. The zero-order valence-corrected chi connectivity index (χ0v) is 8.56. The van der Waals surface area contributed by atoms with Gasteiger partial charge in [-0.1, -0.05) is 25.8 Å². The highest BCUT2D eigenvalue weighted by Gasteiger charge is 2.30. The molecule has 1 aromatic heterocycles. The van der Waals surface area contributed by atoms with Crippen LogP contribution >= 0.6 is 0 Å². The molecule has 1 aliphatic rings. The Balaban J connectivity index is 2.12. The maximum atomic E-state index is 10.2. The number of rotatable bonds is 2. The average molecular weight is 191 g/mol. The minimum atomic E-state index is -0.318. The van der Waals surface area contributed by atoms with Crippen molar-refractivity contribution in [1.82, 2.24) is 4.98 Å². The summed E-state index contributed by atoms with van der Waals surface area (Å²) < 4.78 is 0. The number of pyridine rings is 1. The van der Waals surface area contributed by atoms with Crippen LogP contribution in [-0.4, -0.2) is 10.1 Å². The molecule has 2 rings (SSSR count). The van der Waals surface area contributed by atoms with Crippen LogP contribution in [-0.2, 0) is 0 Å². The molecule has 2 nitrogen and oxygen atoms in total. The van der Waals surface area contributed by atoms with E-state index in [1.165, 1.54) is 12.8 Å². The van der Waals surface area contributed by atoms with E-state index in [2.05, 4.69) is 11.9 Å². The molecule has 0 aromatic carbocycles. The minimum absolute atomic E-state index is 0.318. The molecule has 1 aliphatic carbocycles. The fourth-order valence-corrected chi connectivity index (χ4v) is 2.44. The first-order valence-electron chi connectivity index (χ1n) is 5.37. The number of hydrogen-bond acceptors (Lipinski definition) is 2. The summed E-state index contributed by atoms with van der Waals surface area (Å²) in [6.45, 7) is 2.23. The standard InChI is InChI=1S/C12H17NO/c1-9-4-2-6-11(9)12(14)10-5-3-7-13-8-10/h3,5,7-9,11-12,14H,2,4,6H2,1H3. The quantitative estimate of drug-likeness (QED) is 0.779. The molecule has 1 aromatic rings. The predicted molar refractivity (Wildman–Crippen MR) is 55.7 cm³/mol. The van der Waals surface area contributed by atoms with Gasteiger partial charge in [0.1, 0.15) is 0 Å². The first-order valence-corrected chi connectivity index (χ1v) is 5.37. The van der Waals surface area contributed by atoms with Crippen LogP contribution in [0.3, 0.4) is 0 Å². The van der Waals surface area contributed by atoms with Crippen molar-refractivity contribution in [2.24, 2.45) is 11.8 Å². The molecule has 0 radical (unpaired) electrons. The highest BCUT2D eigenvalue weighted by atomic mass is 16.3. The second-order valence-corrected chi connectivity index (χ2v) is 4.30. The summed E-state index contributed by atoms with van der Waals surface area (Å²) in [6, 6.07) is 3.85. The molecule has 0 bridgehead atoms. The third-order valence-electron chi connectivity index (χ3n) is 3.36. The molecule has 1 fully saturated rings. The first kappa shape index (κ1) is 9.66. The van der Waals surface area contributed by atoms with E-state index in [4.69, 9.17) is 0 Å². The molecule has 14 heavy (non-hydrogen) atoms. The first-order chi connectivity index (χ1) is 6.79. The summed E-state index contributed by atoms with van der Waals surface area (Å²) in [4.78, 5) is 4.04. The van der Waals surface area contributed by atoms with Crippen LogP contribution in [0.15, 0.2) is 24.5 Å². The summed E-state index contributed by atoms with van der Waals surface area (Å²) >= 11 is 0. The van der Waals surface area contributed by atoms with Gasteiger partial charge in [0.05, 0.1) is 6.10 Å². The van der Waals surface area contributed by atoms with Gasteiger partial charge < -0.3 is 5.11 Å². The van der Waals surface area contributed by atoms with Crippen LogP contribution in [0.5, 0.6) is 0 Å². The van der Waals surface area contributed by atoms with Crippen LogP contribution in [0.1, 0.15) is 37.9 Å². The second kappa shape index (κ2) is 4.09. The van der Waals surface area contributed by atoms with Gasteiger partial charge in [-0.15, -0.1) is 0 Å². The fraction of sp³-hybridized carbons (Fsp3) is 0.583. The lowest BCUT2D eigenvalue weighted by atomic mass is 9.89. The third-order valence-corrected chi connectivity index (χ3v) is 3.36. The summed E-state index contributed by atoms with van der Waals surface area (Å²) in [5.74, 6) is 1.07. The van der Waals surface area contributed by atoms with Gasteiger partial charge in [-0.2, -0.15) is 0 Å². The van der Waals surface area contributed by atoms with Gasteiger partial charge in [-0.25, -0.2) is 0 Å². The van der Waals surface area contributed by atoms with E-state index in [1.807, 2.05) is 12.1 Å².